The summed E-state index contributed by atoms with van der Waals surface area (Å²) in [4.78, 5) is 21.9. The summed E-state index contributed by atoms with van der Waals surface area (Å²) in [5.41, 5.74) is 1.68. The number of fused-ring (bicyclic) bond motifs is 2. The van der Waals surface area contributed by atoms with Crippen LogP contribution in [-0.2, 0) is 11.6 Å². The Morgan fingerprint density at radius 2 is 1.57 bits per heavy atom. The summed E-state index contributed by atoms with van der Waals surface area (Å²) < 4.78 is 52.0. The minimum Gasteiger partial charge on any atom is -0.497 e. The predicted molar refractivity (Wildman–Crippen MR) is 148 cm³/mol. The van der Waals surface area contributed by atoms with Crippen LogP contribution in [0.1, 0.15) is 54.2 Å². The normalized spacial score (nSPS) is 15.7. The number of benzene rings is 3. The van der Waals surface area contributed by atoms with Crippen molar-refractivity contribution in [2.75, 3.05) is 33.3 Å². The van der Waals surface area contributed by atoms with E-state index in [2.05, 4.69) is 20.8 Å². The first kappa shape index (κ1) is 27.6. The van der Waals surface area contributed by atoms with Gasteiger partial charge in [-0.2, -0.15) is 13.2 Å². The molecule has 210 valence electrons. The van der Waals surface area contributed by atoms with E-state index in [9.17, 15) is 18.0 Å². The summed E-state index contributed by atoms with van der Waals surface area (Å²) in [5.74, 6) is 1.71. The van der Waals surface area contributed by atoms with Gasteiger partial charge in [-0.15, -0.1) is 0 Å². The Labute approximate surface area is 232 Å². The van der Waals surface area contributed by atoms with Gasteiger partial charge in [0, 0.05) is 31.7 Å². The Balaban J connectivity index is 1.45. The molecule has 5 rings (SSSR count). The number of ether oxygens (including phenoxy) is 2. The molecule has 1 amide bonds. The van der Waals surface area contributed by atoms with Crippen LogP contribution in [-0.4, -0.2) is 54.8 Å². The number of amidine groups is 1. The van der Waals surface area contributed by atoms with E-state index in [-0.39, 0.29) is 22.8 Å². The van der Waals surface area contributed by atoms with E-state index in [0.29, 0.717) is 61.1 Å². The lowest BCUT2D eigenvalue weighted by Gasteiger charge is -2.26. The molecule has 1 fully saturated rings. The van der Waals surface area contributed by atoms with E-state index in [4.69, 9.17) is 14.5 Å². The molecule has 3 aromatic carbocycles. The third kappa shape index (κ3) is 5.64. The van der Waals surface area contributed by atoms with Crippen LogP contribution in [0.25, 0.3) is 0 Å². The number of rotatable bonds is 2. The van der Waals surface area contributed by atoms with Crippen LogP contribution in [0.15, 0.2) is 65.7 Å². The molecule has 6 nitrogen and oxygen atoms in total. The molecule has 3 aromatic rings. The summed E-state index contributed by atoms with van der Waals surface area (Å²) in [5, 5.41) is 0. The topological polar surface area (TPSA) is 54.4 Å². The average molecular weight is 552 g/mol. The highest BCUT2D eigenvalue weighted by Crippen LogP contribution is 2.42. The molecule has 2 aliphatic heterocycles. The van der Waals surface area contributed by atoms with Gasteiger partial charge in [-0.05, 0) is 65.9 Å². The standard InChI is InChI=1S/C31H32F3N3O3/c1-30(2,3)21-8-6-20(7-9-21)29(38)37-15-5-14-36(16-17-37)28-24-19-23(39-4)11-13-26(24)40-27-12-10-22(31(32,33)34)18-25(27)35-28/h6-13,18-19H,5,14-17H2,1-4H3. The van der Waals surface area contributed by atoms with Gasteiger partial charge in [-0.1, -0.05) is 32.9 Å². The quantitative estimate of drug-likeness (QED) is 0.343. The maximum Gasteiger partial charge on any atom is 0.416 e. The average Bonchev–Trinajstić information content (AvgIpc) is 3.26. The molecule has 0 aromatic heterocycles. The van der Waals surface area contributed by atoms with E-state index in [1.54, 1.807) is 25.3 Å². The summed E-state index contributed by atoms with van der Waals surface area (Å²) in [6.45, 7) is 8.40. The maximum absolute atomic E-state index is 13.5. The van der Waals surface area contributed by atoms with Crippen molar-refractivity contribution in [2.24, 2.45) is 4.99 Å². The summed E-state index contributed by atoms with van der Waals surface area (Å²) in [7, 11) is 1.55. The first-order valence-corrected chi connectivity index (χ1v) is 13.2. The maximum atomic E-state index is 13.5. The van der Waals surface area contributed by atoms with Gasteiger partial charge in [0.05, 0.1) is 18.2 Å². The highest BCUT2D eigenvalue weighted by molar-refractivity contribution is 6.04. The monoisotopic (exact) mass is 551 g/mol. The van der Waals surface area contributed by atoms with Crippen molar-refractivity contribution < 1.29 is 27.4 Å². The van der Waals surface area contributed by atoms with Gasteiger partial charge in [0.15, 0.2) is 5.75 Å². The third-order valence-electron chi connectivity index (χ3n) is 7.24. The first-order chi connectivity index (χ1) is 18.9. The molecular weight excluding hydrogens is 519 g/mol. The SMILES string of the molecule is COc1ccc2c(c1)C(N1CCCN(C(=O)c3ccc(C(C)(C)C)cc3)CC1)=Nc1cc(C(F)(F)F)ccc1O2. The Kier molecular flexibility index (Phi) is 7.25. The van der Waals surface area contributed by atoms with Crippen LogP contribution in [0.4, 0.5) is 18.9 Å². The predicted octanol–water partition coefficient (Wildman–Crippen LogP) is 7.04. The zero-order chi connectivity index (χ0) is 28.7. The molecule has 2 aliphatic rings. The number of carbonyl (C=O) groups excluding carboxylic acids is 1. The van der Waals surface area contributed by atoms with Gasteiger partial charge < -0.3 is 19.3 Å². The lowest BCUT2D eigenvalue weighted by Crippen LogP contribution is -2.37. The second-order valence-corrected chi connectivity index (χ2v) is 11.0. The van der Waals surface area contributed by atoms with E-state index in [1.807, 2.05) is 34.1 Å². The Morgan fingerprint density at radius 1 is 0.875 bits per heavy atom. The molecule has 1 saturated heterocycles. The number of amides is 1. The van der Waals surface area contributed by atoms with Gasteiger partial charge in [0.2, 0.25) is 0 Å². The summed E-state index contributed by atoms with van der Waals surface area (Å²) in [6.07, 6.45) is -3.85. The minimum absolute atomic E-state index is 0.00765. The number of hydrogen-bond acceptors (Lipinski definition) is 5. The molecule has 0 aliphatic carbocycles. The lowest BCUT2D eigenvalue weighted by molar-refractivity contribution is -0.137. The number of halogens is 3. The Morgan fingerprint density at radius 3 is 2.25 bits per heavy atom. The molecule has 9 heteroatoms. The molecular formula is C31H32F3N3O3. The van der Waals surface area contributed by atoms with Crippen molar-refractivity contribution in [3.05, 3.63) is 82.9 Å². The minimum atomic E-state index is -4.51. The third-order valence-corrected chi connectivity index (χ3v) is 7.24. The van der Waals surface area contributed by atoms with E-state index < -0.39 is 11.7 Å². The van der Waals surface area contributed by atoms with Gasteiger partial charge in [0.1, 0.15) is 23.0 Å². The van der Waals surface area contributed by atoms with Gasteiger partial charge >= 0.3 is 6.18 Å². The van der Waals surface area contributed by atoms with Crippen LogP contribution < -0.4 is 9.47 Å². The van der Waals surface area contributed by atoms with Crippen molar-refractivity contribution in [2.45, 2.75) is 38.8 Å². The van der Waals surface area contributed by atoms with Crippen LogP contribution >= 0.6 is 0 Å². The van der Waals surface area contributed by atoms with Crippen molar-refractivity contribution in [3.63, 3.8) is 0 Å². The molecule has 0 spiro atoms. The largest absolute Gasteiger partial charge is 0.497 e. The van der Waals surface area contributed by atoms with Crippen molar-refractivity contribution in [3.8, 4) is 17.2 Å². The fourth-order valence-electron chi connectivity index (χ4n) is 4.93. The highest BCUT2D eigenvalue weighted by Gasteiger charge is 2.33. The molecule has 0 N–H and O–H groups in total. The fraction of sp³-hybridized carbons (Fsp3) is 0.355. The zero-order valence-electron chi connectivity index (χ0n) is 23.0. The molecule has 0 atom stereocenters. The van der Waals surface area contributed by atoms with Crippen LogP contribution in [0.5, 0.6) is 17.2 Å². The smallest absolute Gasteiger partial charge is 0.416 e. The number of nitrogens with zero attached hydrogens (tertiary/aromatic N) is 3. The van der Waals surface area contributed by atoms with Gasteiger partial charge in [-0.3, -0.25) is 4.79 Å². The van der Waals surface area contributed by atoms with Crippen LogP contribution in [0.3, 0.4) is 0 Å². The van der Waals surface area contributed by atoms with Gasteiger partial charge in [-0.25, -0.2) is 4.99 Å². The molecule has 2 heterocycles. The second-order valence-electron chi connectivity index (χ2n) is 11.0. The summed E-state index contributed by atoms with van der Waals surface area (Å²) in [6, 6.07) is 16.3. The Hall–Kier alpha value is -4.01. The van der Waals surface area contributed by atoms with Crippen LogP contribution in [0.2, 0.25) is 0 Å². The lowest BCUT2D eigenvalue weighted by atomic mass is 9.86. The zero-order valence-corrected chi connectivity index (χ0v) is 23.0. The molecule has 40 heavy (non-hydrogen) atoms. The number of aliphatic imine (C=N–C) groups is 1. The number of alkyl halides is 3. The van der Waals surface area contributed by atoms with Crippen molar-refractivity contribution >= 4 is 17.4 Å². The van der Waals surface area contributed by atoms with Crippen molar-refractivity contribution in [1.82, 2.24) is 9.80 Å². The van der Waals surface area contributed by atoms with Crippen molar-refractivity contribution in [1.29, 1.82) is 0 Å². The second kappa shape index (κ2) is 10.5. The van der Waals surface area contributed by atoms with E-state index in [1.165, 1.54) is 6.07 Å². The van der Waals surface area contributed by atoms with Gasteiger partial charge in [0.25, 0.3) is 5.91 Å². The number of carbonyl (C=O) groups is 1. The molecule has 0 radical (unpaired) electrons. The van der Waals surface area contributed by atoms with Crippen LogP contribution in [0, 0.1) is 0 Å². The summed E-state index contributed by atoms with van der Waals surface area (Å²) >= 11 is 0. The van der Waals surface area contributed by atoms with E-state index >= 15 is 0 Å². The number of methoxy groups -OCH3 is 1. The molecule has 0 saturated carbocycles. The molecule has 0 unspecified atom stereocenters. The highest BCUT2D eigenvalue weighted by atomic mass is 19.4. The number of hydrogen-bond donors (Lipinski definition) is 0. The molecule has 0 bridgehead atoms. The van der Waals surface area contributed by atoms with E-state index in [0.717, 1.165) is 17.7 Å². The Bertz CT molecular complexity index is 1440. The first-order valence-electron chi connectivity index (χ1n) is 13.2. The fourth-order valence-corrected chi connectivity index (χ4v) is 4.93.